The molecule has 0 spiro atoms. The number of allylic oxidation sites excluding steroid dienone is 4. The number of hydrogen-bond donors (Lipinski definition) is 0. The fourth-order valence-corrected chi connectivity index (χ4v) is 3.60. The minimum absolute atomic E-state index is 1.08. The maximum atomic E-state index is 2.43. The molecule has 98 valence electrons. The lowest BCUT2D eigenvalue weighted by Crippen LogP contribution is -1.96. The molecule has 2 aliphatic rings. The van der Waals surface area contributed by atoms with Crippen molar-refractivity contribution in [1.82, 2.24) is 0 Å². The van der Waals surface area contributed by atoms with E-state index in [4.69, 9.17) is 0 Å². The number of benzene rings is 2. The Hall–Kier alpha value is -2.08. The molecule has 0 radical (unpaired) electrons. The summed E-state index contributed by atoms with van der Waals surface area (Å²) in [6.45, 7) is 4.55. The van der Waals surface area contributed by atoms with E-state index in [-0.39, 0.29) is 0 Å². The van der Waals surface area contributed by atoms with Gasteiger partial charge in [-0.3, -0.25) is 0 Å². The van der Waals surface area contributed by atoms with Gasteiger partial charge < -0.3 is 0 Å². The quantitative estimate of drug-likeness (QED) is 0.561. The molecule has 0 amide bonds. The third-order valence-corrected chi connectivity index (χ3v) is 4.77. The van der Waals surface area contributed by atoms with Crippen molar-refractivity contribution < 1.29 is 0 Å². The molecular formula is C20H18. The van der Waals surface area contributed by atoms with Gasteiger partial charge in [0.15, 0.2) is 0 Å². The van der Waals surface area contributed by atoms with Crippen LogP contribution in [0, 0.1) is 13.8 Å². The SMILES string of the molecule is Cc1c(C2=CC=CC2)cc2c(c1C)-c1ccccc1C2. The summed E-state index contributed by atoms with van der Waals surface area (Å²) in [5, 5.41) is 0. The number of hydrogen-bond acceptors (Lipinski definition) is 0. The van der Waals surface area contributed by atoms with Gasteiger partial charge in [0.25, 0.3) is 0 Å². The molecule has 0 saturated carbocycles. The van der Waals surface area contributed by atoms with E-state index < -0.39 is 0 Å². The average molecular weight is 258 g/mol. The second kappa shape index (κ2) is 4.21. The lowest BCUT2D eigenvalue weighted by molar-refractivity contribution is 1.22. The maximum absolute atomic E-state index is 2.43. The molecule has 0 atom stereocenters. The van der Waals surface area contributed by atoms with Crippen LogP contribution in [0.2, 0.25) is 0 Å². The van der Waals surface area contributed by atoms with E-state index in [0.29, 0.717) is 0 Å². The molecule has 0 unspecified atom stereocenters. The van der Waals surface area contributed by atoms with E-state index >= 15 is 0 Å². The van der Waals surface area contributed by atoms with Crippen LogP contribution in [0.5, 0.6) is 0 Å². The monoisotopic (exact) mass is 258 g/mol. The highest BCUT2D eigenvalue weighted by Crippen LogP contribution is 2.42. The summed E-state index contributed by atoms with van der Waals surface area (Å²) in [6, 6.07) is 11.3. The summed E-state index contributed by atoms with van der Waals surface area (Å²) >= 11 is 0. The van der Waals surface area contributed by atoms with Crippen molar-refractivity contribution in [3.05, 3.63) is 76.4 Å². The van der Waals surface area contributed by atoms with Crippen molar-refractivity contribution in [2.45, 2.75) is 26.7 Å². The highest BCUT2D eigenvalue weighted by molar-refractivity contribution is 5.84. The molecular weight excluding hydrogens is 240 g/mol. The minimum Gasteiger partial charge on any atom is -0.0801 e. The lowest BCUT2D eigenvalue weighted by atomic mass is 9.89. The van der Waals surface area contributed by atoms with Gasteiger partial charge in [0.05, 0.1) is 0 Å². The first-order valence-corrected chi connectivity index (χ1v) is 7.33. The van der Waals surface area contributed by atoms with E-state index in [9.17, 15) is 0 Å². The van der Waals surface area contributed by atoms with Crippen LogP contribution in [-0.2, 0) is 6.42 Å². The van der Waals surface area contributed by atoms with E-state index in [0.717, 1.165) is 12.8 Å². The first kappa shape index (κ1) is 11.7. The summed E-state index contributed by atoms with van der Waals surface area (Å²) in [4.78, 5) is 0. The Bertz CT molecular complexity index is 773. The van der Waals surface area contributed by atoms with Crippen molar-refractivity contribution in [2.75, 3.05) is 0 Å². The van der Waals surface area contributed by atoms with Gasteiger partial charge in [-0.15, -0.1) is 0 Å². The largest absolute Gasteiger partial charge is 0.0801 e. The molecule has 0 N–H and O–H groups in total. The van der Waals surface area contributed by atoms with Crippen molar-refractivity contribution in [3.8, 4) is 11.1 Å². The Labute approximate surface area is 120 Å². The van der Waals surface area contributed by atoms with Gasteiger partial charge in [-0.1, -0.05) is 48.6 Å². The van der Waals surface area contributed by atoms with Crippen LogP contribution in [0.3, 0.4) is 0 Å². The summed E-state index contributed by atoms with van der Waals surface area (Å²) < 4.78 is 0. The summed E-state index contributed by atoms with van der Waals surface area (Å²) in [6.07, 6.45) is 8.83. The fraction of sp³-hybridized carbons (Fsp3) is 0.200. The smallest absolute Gasteiger partial charge is 0.00131 e. The predicted octanol–water partition coefficient (Wildman–Crippen LogP) is 5.22. The van der Waals surface area contributed by atoms with E-state index in [1.165, 1.54) is 44.5 Å². The summed E-state index contributed by atoms with van der Waals surface area (Å²) in [5.74, 6) is 0. The predicted molar refractivity (Wildman–Crippen MR) is 85.9 cm³/mol. The first-order chi connectivity index (χ1) is 9.75. The fourth-order valence-electron chi connectivity index (χ4n) is 3.60. The van der Waals surface area contributed by atoms with E-state index in [1.54, 1.807) is 0 Å². The molecule has 0 fully saturated rings. The Morgan fingerprint density at radius 3 is 2.55 bits per heavy atom. The van der Waals surface area contributed by atoms with Crippen LogP contribution in [-0.4, -0.2) is 0 Å². The lowest BCUT2D eigenvalue weighted by Gasteiger charge is -2.15. The third kappa shape index (κ3) is 1.54. The normalized spacial score (nSPS) is 15.2. The van der Waals surface area contributed by atoms with Crippen molar-refractivity contribution in [1.29, 1.82) is 0 Å². The molecule has 0 bridgehead atoms. The Balaban J connectivity index is 1.95. The van der Waals surface area contributed by atoms with Gasteiger partial charge in [-0.05, 0) is 71.2 Å². The summed E-state index contributed by atoms with van der Waals surface area (Å²) in [5.41, 5.74) is 11.7. The molecule has 4 rings (SSSR count). The highest BCUT2D eigenvalue weighted by atomic mass is 14.3. The molecule has 2 aliphatic carbocycles. The first-order valence-electron chi connectivity index (χ1n) is 7.33. The molecule has 2 aromatic rings. The Morgan fingerprint density at radius 1 is 0.900 bits per heavy atom. The van der Waals surface area contributed by atoms with Gasteiger partial charge in [-0.2, -0.15) is 0 Å². The van der Waals surface area contributed by atoms with Gasteiger partial charge >= 0.3 is 0 Å². The number of fused-ring (bicyclic) bond motifs is 3. The number of rotatable bonds is 1. The van der Waals surface area contributed by atoms with Gasteiger partial charge in [0.1, 0.15) is 0 Å². The zero-order valence-corrected chi connectivity index (χ0v) is 12.0. The second-order valence-electron chi connectivity index (χ2n) is 5.87. The Morgan fingerprint density at radius 2 is 1.75 bits per heavy atom. The van der Waals surface area contributed by atoms with Crippen LogP contribution < -0.4 is 0 Å². The summed E-state index contributed by atoms with van der Waals surface area (Å²) in [7, 11) is 0. The van der Waals surface area contributed by atoms with Gasteiger partial charge in [0.2, 0.25) is 0 Å². The van der Waals surface area contributed by atoms with Gasteiger partial charge in [-0.25, -0.2) is 0 Å². The average Bonchev–Trinajstić information content (AvgIpc) is 3.09. The molecule has 2 aromatic carbocycles. The highest BCUT2D eigenvalue weighted by Gasteiger charge is 2.23. The second-order valence-corrected chi connectivity index (χ2v) is 5.87. The van der Waals surface area contributed by atoms with Crippen LogP contribution >= 0.6 is 0 Å². The van der Waals surface area contributed by atoms with Gasteiger partial charge in [0, 0.05) is 0 Å². The van der Waals surface area contributed by atoms with Crippen LogP contribution in [0.15, 0.2) is 48.6 Å². The van der Waals surface area contributed by atoms with Crippen LogP contribution in [0.4, 0.5) is 0 Å². The van der Waals surface area contributed by atoms with Crippen molar-refractivity contribution in [2.24, 2.45) is 0 Å². The molecule has 0 heteroatoms. The van der Waals surface area contributed by atoms with E-state index in [2.05, 4.69) is 62.4 Å². The molecule has 0 nitrogen and oxygen atoms in total. The molecule has 0 heterocycles. The van der Waals surface area contributed by atoms with Crippen molar-refractivity contribution in [3.63, 3.8) is 0 Å². The minimum atomic E-state index is 1.08. The molecule has 0 aromatic heterocycles. The van der Waals surface area contributed by atoms with E-state index in [1.807, 2.05) is 0 Å². The molecule has 0 aliphatic heterocycles. The topological polar surface area (TPSA) is 0 Å². The van der Waals surface area contributed by atoms with Crippen LogP contribution in [0.25, 0.3) is 16.7 Å². The standard InChI is InChI=1S/C20H18/c1-13-14(2)20-17(11-16-9-5-6-10-18(16)20)12-19(13)15-7-3-4-8-15/h3-7,9-10,12H,8,11H2,1-2H3. The molecule has 0 saturated heterocycles. The zero-order chi connectivity index (χ0) is 13.7. The van der Waals surface area contributed by atoms with Crippen LogP contribution in [0.1, 0.15) is 34.2 Å². The molecule has 20 heavy (non-hydrogen) atoms. The maximum Gasteiger partial charge on any atom is -0.00131 e. The van der Waals surface area contributed by atoms with Crippen molar-refractivity contribution >= 4 is 5.57 Å². The Kier molecular flexibility index (Phi) is 2.47. The zero-order valence-electron chi connectivity index (χ0n) is 12.0. The third-order valence-electron chi connectivity index (χ3n) is 4.77.